The molecular formula is C23H20N2O4. The summed E-state index contributed by atoms with van der Waals surface area (Å²) in [7, 11) is 0. The van der Waals surface area contributed by atoms with Crippen molar-refractivity contribution in [2.45, 2.75) is 26.5 Å². The molecule has 29 heavy (non-hydrogen) atoms. The van der Waals surface area contributed by atoms with Crippen molar-refractivity contribution < 1.29 is 13.9 Å². The van der Waals surface area contributed by atoms with Crippen molar-refractivity contribution in [3.05, 3.63) is 82.5 Å². The molecule has 0 bridgehead atoms. The number of amides is 1. The molecule has 2 aromatic carbocycles. The van der Waals surface area contributed by atoms with Crippen LogP contribution in [0.25, 0.3) is 21.7 Å². The molecule has 0 aliphatic rings. The average Bonchev–Trinajstić information content (AvgIpc) is 2.75. The van der Waals surface area contributed by atoms with E-state index in [-0.39, 0.29) is 5.91 Å². The zero-order chi connectivity index (χ0) is 20.4. The van der Waals surface area contributed by atoms with Gasteiger partial charge in [-0.15, -0.1) is 0 Å². The van der Waals surface area contributed by atoms with E-state index in [4.69, 9.17) is 9.15 Å². The monoisotopic (exact) mass is 388 g/mol. The molecule has 6 heteroatoms. The predicted molar refractivity (Wildman–Crippen MR) is 111 cm³/mol. The van der Waals surface area contributed by atoms with Crippen molar-refractivity contribution in [1.82, 2.24) is 10.3 Å². The summed E-state index contributed by atoms with van der Waals surface area (Å²) in [5.41, 5.74) is 1.66. The first-order chi connectivity index (χ1) is 14.0. The van der Waals surface area contributed by atoms with Crippen molar-refractivity contribution >= 4 is 27.6 Å². The summed E-state index contributed by atoms with van der Waals surface area (Å²) in [6.07, 6.45) is 2.67. The molecule has 4 rings (SSSR count). The van der Waals surface area contributed by atoms with Crippen molar-refractivity contribution in [3.8, 4) is 5.75 Å². The van der Waals surface area contributed by atoms with Gasteiger partial charge in [-0.25, -0.2) is 4.79 Å². The standard InChI is InChI=1S/C23H20N2O4/c1-14-20(28-15(2)22(26)25-13-16-6-5-11-24-12-16)10-9-18-17-7-3-4-8-19(17)23(27)29-21(14)18/h3-12,15H,13H2,1-2H3,(H,25,26). The van der Waals surface area contributed by atoms with E-state index in [9.17, 15) is 9.59 Å². The van der Waals surface area contributed by atoms with Gasteiger partial charge in [-0.05, 0) is 49.1 Å². The molecule has 0 saturated heterocycles. The van der Waals surface area contributed by atoms with Gasteiger partial charge in [0.2, 0.25) is 0 Å². The van der Waals surface area contributed by atoms with Crippen LogP contribution >= 0.6 is 0 Å². The van der Waals surface area contributed by atoms with E-state index in [0.717, 1.165) is 16.3 Å². The van der Waals surface area contributed by atoms with Crippen LogP contribution in [0.1, 0.15) is 18.1 Å². The molecule has 1 amide bonds. The average molecular weight is 388 g/mol. The number of aromatic nitrogens is 1. The third-order valence-electron chi connectivity index (χ3n) is 4.85. The summed E-state index contributed by atoms with van der Waals surface area (Å²) in [6.45, 7) is 3.87. The fourth-order valence-electron chi connectivity index (χ4n) is 3.27. The van der Waals surface area contributed by atoms with Crippen LogP contribution in [0.2, 0.25) is 0 Å². The minimum absolute atomic E-state index is 0.242. The van der Waals surface area contributed by atoms with Crippen LogP contribution in [0.4, 0.5) is 0 Å². The first-order valence-electron chi connectivity index (χ1n) is 9.33. The maximum Gasteiger partial charge on any atom is 0.344 e. The Kier molecular flexibility index (Phi) is 4.99. The number of nitrogens with zero attached hydrogens (tertiary/aromatic N) is 1. The highest BCUT2D eigenvalue weighted by atomic mass is 16.5. The lowest BCUT2D eigenvalue weighted by Gasteiger charge is -2.17. The lowest BCUT2D eigenvalue weighted by Crippen LogP contribution is -2.36. The minimum atomic E-state index is -0.713. The highest BCUT2D eigenvalue weighted by molar-refractivity contribution is 6.05. The summed E-state index contributed by atoms with van der Waals surface area (Å²) in [6, 6.07) is 14.7. The van der Waals surface area contributed by atoms with E-state index in [1.54, 1.807) is 37.5 Å². The number of pyridine rings is 1. The molecule has 0 radical (unpaired) electrons. The van der Waals surface area contributed by atoms with Gasteiger partial charge in [0.05, 0.1) is 5.39 Å². The molecule has 2 aromatic heterocycles. The van der Waals surface area contributed by atoms with Gasteiger partial charge in [0, 0.05) is 29.9 Å². The summed E-state index contributed by atoms with van der Waals surface area (Å²) in [4.78, 5) is 28.8. The smallest absolute Gasteiger partial charge is 0.344 e. The molecule has 0 aliphatic heterocycles. The van der Waals surface area contributed by atoms with Crippen molar-refractivity contribution in [2.75, 3.05) is 0 Å². The Morgan fingerprint density at radius 3 is 2.66 bits per heavy atom. The minimum Gasteiger partial charge on any atom is -0.480 e. The van der Waals surface area contributed by atoms with Gasteiger partial charge in [0.25, 0.3) is 5.91 Å². The van der Waals surface area contributed by atoms with Gasteiger partial charge in [0.1, 0.15) is 11.3 Å². The zero-order valence-corrected chi connectivity index (χ0v) is 16.1. The molecule has 0 spiro atoms. The molecule has 0 aliphatic carbocycles. The Labute approximate surface area is 167 Å². The van der Waals surface area contributed by atoms with Gasteiger partial charge in [-0.1, -0.05) is 24.3 Å². The van der Waals surface area contributed by atoms with Crippen molar-refractivity contribution in [3.63, 3.8) is 0 Å². The van der Waals surface area contributed by atoms with Crippen LogP contribution < -0.4 is 15.7 Å². The second-order valence-electron chi connectivity index (χ2n) is 6.84. The van der Waals surface area contributed by atoms with Crippen LogP contribution in [-0.4, -0.2) is 17.0 Å². The molecular weight excluding hydrogens is 368 g/mol. The van der Waals surface area contributed by atoms with Crippen LogP contribution in [0.5, 0.6) is 5.75 Å². The van der Waals surface area contributed by atoms with E-state index in [2.05, 4.69) is 10.3 Å². The number of ether oxygens (including phenoxy) is 1. The SMILES string of the molecule is Cc1c(OC(C)C(=O)NCc2cccnc2)ccc2c1oc(=O)c1ccccc12. The molecule has 4 aromatic rings. The van der Waals surface area contributed by atoms with Gasteiger partial charge < -0.3 is 14.5 Å². The highest BCUT2D eigenvalue weighted by Crippen LogP contribution is 2.31. The summed E-state index contributed by atoms with van der Waals surface area (Å²) in [5.74, 6) is 0.258. The maximum atomic E-state index is 12.4. The molecule has 6 nitrogen and oxygen atoms in total. The molecule has 1 atom stereocenters. The fourth-order valence-corrected chi connectivity index (χ4v) is 3.27. The van der Waals surface area contributed by atoms with Crippen molar-refractivity contribution in [1.29, 1.82) is 0 Å². The lowest BCUT2D eigenvalue weighted by atomic mass is 10.0. The number of nitrogens with one attached hydrogen (secondary N) is 1. The van der Waals surface area contributed by atoms with E-state index in [1.165, 1.54) is 0 Å². The zero-order valence-electron chi connectivity index (χ0n) is 16.1. The van der Waals surface area contributed by atoms with Gasteiger partial charge in [-0.3, -0.25) is 9.78 Å². The Hall–Kier alpha value is -3.67. The Morgan fingerprint density at radius 1 is 1.10 bits per heavy atom. The molecule has 0 fully saturated rings. The number of benzene rings is 2. The number of fused-ring (bicyclic) bond motifs is 3. The Bertz CT molecular complexity index is 1250. The predicted octanol–water partition coefficient (Wildman–Crippen LogP) is 3.73. The maximum absolute atomic E-state index is 12.4. The normalized spacial score (nSPS) is 12.1. The van der Waals surface area contributed by atoms with Crippen LogP contribution in [-0.2, 0) is 11.3 Å². The van der Waals surface area contributed by atoms with Gasteiger partial charge in [-0.2, -0.15) is 0 Å². The third kappa shape index (κ3) is 3.69. The number of carbonyl (C=O) groups excluding carboxylic acids is 1. The summed E-state index contributed by atoms with van der Waals surface area (Å²) < 4.78 is 11.4. The number of carbonyl (C=O) groups is 1. The lowest BCUT2D eigenvalue weighted by molar-refractivity contribution is -0.127. The largest absolute Gasteiger partial charge is 0.480 e. The summed E-state index contributed by atoms with van der Waals surface area (Å²) >= 11 is 0. The number of hydrogen-bond donors (Lipinski definition) is 1. The van der Waals surface area contributed by atoms with E-state index >= 15 is 0 Å². The van der Waals surface area contributed by atoms with Crippen LogP contribution in [0.3, 0.4) is 0 Å². The second kappa shape index (κ2) is 7.75. The van der Waals surface area contributed by atoms with Gasteiger partial charge in [0.15, 0.2) is 6.10 Å². The Balaban J connectivity index is 1.57. The molecule has 1 unspecified atom stereocenters. The first-order valence-corrected chi connectivity index (χ1v) is 9.33. The van der Waals surface area contributed by atoms with E-state index < -0.39 is 11.7 Å². The van der Waals surface area contributed by atoms with Crippen LogP contribution in [0.15, 0.2) is 70.1 Å². The second-order valence-corrected chi connectivity index (χ2v) is 6.84. The van der Waals surface area contributed by atoms with E-state index in [1.807, 2.05) is 37.3 Å². The Morgan fingerprint density at radius 2 is 1.90 bits per heavy atom. The topological polar surface area (TPSA) is 81.4 Å². The quantitative estimate of drug-likeness (QED) is 0.416. The molecule has 2 heterocycles. The van der Waals surface area contributed by atoms with E-state index in [0.29, 0.717) is 28.8 Å². The third-order valence-corrected chi connectivity index (χ3v) is 4.85. The number of aryl methyl sites for hydroxylation is 1. The number of hydrogen-bond acceptors (Lipinski definition) is 5. The molecule has 0 saturated carbocycles. The molecule has 146 valence electrons. The summed E-state index contributed by atoms with van der Waals surface area (Å²) in [5, 5.41) is 5.03. The van der Waals surface area contributed by atoms with Gasteiger partial charge >= 0.3 is 5.63 Å². The first kappa shape index (κ1) is 18.7. The number of rotatable bonds is 5. The highest BCUT2D eigenvalue weighted by Gasteiger charge is 2.18. The van der Waals surface area contributed by atoms with Crippen molar-refractivity contribution in [2.24, 2.45) is 0 Å². The molecule has 1 N–H and O–H groups in total. The van der Waals surface area contributed by atoms with Crippen LogP contribution in [0, 0.1) is 6.92 Å². The fraction of sp³-hybridized carbons (Fsp3) is 0.174.